The molecule has 1 rings (SSSR count). The van der Waals surface area contributed by atoms with Crippen LogP contribution in [0, 0.1) is 0 Å². The molecule has 4 heteroatoms. The summed E-state index contributed by atoms with van der Waals surface area (Å²) < 4.78 is 10.0. The van der Waals surface area contributed by atoms with Crippen molar-refractivity contribution in [2.75, 3.05) is 7.11 Å². The first-order valence-corrected chi connectivity index (χ1v) is 4.55. The largest absolute Gasteiger partial charge is 0.493 e. The Labute approximate surface area is 87.8 Å². The van der Waals surface area contributed by atoms with Gasteiger partial charge in [0.1, 0.15) is 0 Å². The zero-order valence-corrected chi connectivity index (χ0v) is 8.65. The molecule has 1 aromatic carbocycles. The van der Waals surface area contributed by atoms with Gasteiger partial charge in [0.2, 0.25) is 0 Å². The van der Waals surface area contributed by atoms with Crippen LogP contribution in [0.2, 0.25) is 0 Å². The fourth-order valence-corrected chi connectivity index (χ4v) is 1.08. The normalized spacial score (nSPS) is 9.47. The van der Waals surface area contributed by atoms with E-state index >= 15 is 0 Å². The van der Waals surface area contributed by atoms with Gasteiger partial charge in [0, 0.05) is 6.42 Å². The average molecular weight is 208 g/mol. The molecule has 0 aliphatic carbocycles. The average Bonchev–Trinajstić information content (AvgIpc) is 2.29. The van der Waals surface area contributed by atoms with E-state index in [1.54, 1.807) is 25.1 Å². The molecule has 0 saturated heterocycles. The molecule has 0 unspecified atom stereocenters. The summed E-state index contributed by atoms with van der Waals surface area (Å²) in [5.74, 6) is 0.158. The number of esters is 1. The molecule has 0 aliphatic rings. The molecule has 0 N–H and O–H groups in total. The van der Waals surface area contributed by atoms with Gasteiger partial charge in [0.25, 0.3) is 0 Å². The molecule has 0 amide bonds. The zero-order chi connectivity index (χ0) is 11.3. The number of aldehydes is 1. The molecule has 0 bridgehead atoms. The topological polar surface area (TPSA) is 52.6 Å². The van der Waals surface area contributed by atoms with E-state index in [0.717, 1.165) is 0 Å². The summed E-state index contributed by atoms with van der Waals surface area (Å²) in [6.07, 6.45) is 0.872. The first-order valence-electron chi connectivity index (χ1n) is 4.55. The predicted octanol–water partition coefficient (Wildman–Crippen LogP) is 1.82. The van der Waals surface area contributed by atoms with Crippen LogP contribution in [0.3, 0.4) is 0 Å². The van der Waals surface area contributed by atoms with Gasteiger partial charge in [-0.05, 0) is 12.1 Å². The zero-order valence-electron chi connectivity index (χ0n) is 8.65. The number of para-hydroxylation sites is 1. The fourth-order valence-electron chi connectivity index (χ4n) is 1.08. The Morgan fingerprint density at radius 2 is 2.20 bits per heavy atom. The van der Waals surface area contributed by atoms with E-state index in [-0.39, 0.29) is 12.2 Å². The lowest BCUT2D eigenvalue weighted by Gasteiger charge is -2.09. The molecular weight excluding hydrogens is 196 g/mol. The van der Waals surface area contributed by atoms with Crippen LogP contribution in [0.4, 0.5) is 0 Å². The molecule has 0 saturated carbocycles. The van der Waals surface area contributed by atoms with E-state index in [1.807, 2.05) is 0 Å². The predicted molar refractivity (Wildman–Crippen MR) is 54.3 cm³/mol. The number of ether oxygens (including phenoxy) is 2. The summed E-state index contributed by atoms with van der Waals surface area (Å²) in [5, 5.41) is 0. The number of carbonyl (C=O) groups is 2. The summed E-state index contributed by atoms with van der Waals surface area (Å²) in [6, 6.07) is 4.85. The van der Waals surface area contributed by atoms with Crippen molar-refractivity contribution in [1.29, 1.82) is 0 Å². The smallest absolute Gasteiger partial charge is 0.311 e. The van der Waals surface area contributed by atoms with Crippen LogP contribution < -0.4 is 9.47 Å². The summed E-state index contributed by atoms with van der Waals surface area (Å²) in [7, 11) is 1.45. The van der Waals surface area contributed by atoms with Crippen LogP contribution in [-0.2, 0) is 4.79 Å². The fraction of sp³-hybridized carbons (Fsp3) is 0.273. The summed E-state index contributed by atoms with van der Waals surface area (Å²) >= 11 is 0. The Bertz CT molecular complexity index is 371. The Morgan fingerprint density at radius 1 is 1.47 bits per heavy atom. The second kappa shape index (κ2) is 5.14. The molecule has 0 atom stereocenters. The van der Waals surface area contributed by atoms with Crippen molar-refractivity contribution < 1.29 is 19.1 Å². The van der Waals surface area contributed by atoms with Crippen molar-refractivity contribution >= 4 is 12.3 Å². The van der Waals surface area contributed by atoms with Crippen LogP contribution >= 0.6 is 0 Å². The second-order valence-electron chi connectivity index (χ2n) is 2.82. The molecule has 80 valence electrons. The highest BCUT2D eigenvalue weighted by Gasteiger charge is 2.12. The Balaban J connectivity index is 3.10. The Hall–Kier alpha value is -1.84. The third-order valence-corrected chi connectivity index (χ3v) is 1.86. The van der Waals surface area contributed by atoms with Crippen molar-refractivity contribution in [2.24, 2.45) is 0 Å². The lowest BCUT2D eigenvalue weighted by atomic mass is 10.2. The van der Waals surface area contributed by atoms with E-state index < -0.39 is 5.97 Å². The van der Waals surface area contributed by atoms with Crippen molar-refractivity contribution in [3.8, 4) is 11.5 Å². The monoisotopic (exact) mass is 208 g/mol. The maximum absolute atomic E-state index is 11.1. The second-order valence-corrected chi connectivity index (χ2v) is 2.82. The quantitative estimate of drug-likeness (QED) is 0.430. The van der Waals surface area contributed by atoms with E-state index in [4.69, 9.17) is 9.47 Å². The highest BCUT2D eigenvalue weighted by molar-refractivity contribution is 5.84. The number of benzene rings is 1. The van der Waals surface area contributed by atoms with Gasteiger partial charge in [-0.1, -0.05) is 13.0 Å². The molecule has 0 aromatic heterocycles. The minimum Gasteiger partial charge on any atom is -0.493 e. The number of rotatable bonds is 4. The van der Waals surface area contributed by atoms with Gasteiger partial charge in [-0.25, -0.2) is 0 Å². The molecule has 0 heterocycles. The van der Waals surface area contributed by atoms with Crippen LogP contribution in [0.15, 0.2) is 18.2 Å². The lowest BCUT2D eigenvalue weighted by Crippen LogP contribution is -2.08. The van der Waals surface area contributed by atoms with Crippen LogP contribution in [-0.4, -0.2) is 19.4 Å². The minimum atomic E-state index is -0.400. The van der Waals surface area contributed by atoms with Gasteiger partial charge >= 0.3 is 5.97 Å². The van der Waals surface area contributed by atoms with Crippen molar-refractivity contribution in [3.63, 3.8) is 0 Å². The van der Waals surface area contributed by atoms with Gasteiger partial charge in [0.05, 0.1) is 12.7 Å². The van der Waals surface area contributed by atoms with Gasteiger partial charge in [-0.15, -0.1) is 0 Å². The summed E-state index contributed by atoms with van der Waals surface area (Å²) in [5.41, 5.74) is 0.302. The van der Waals surface area contributed by atoms with Gasteiger partial charge < -0.3 is 9.47 Å². The lowest BCUT2D eigenvalue weighted by molar-refractivity contribution is -0.134. The summed E-state index contributed by atoms with van der Waals surface area (Å²) in [4.78, 5) is 21.8. The number of hydrogen-bond acceptors (Lipinski definition) is 4. The van der Waals surface area contributed by atoms with E-state index in [0.29, 0.717) is 17.6 Å². The van der Waals surface area contributed by atoms with Gasteiger partial charge in [0.15, 0.2) is 17.8 Å². The molecule has 15 heavy (non-hydrogen) atoms. The number of carbonyl (C=O) groups excluding carboxylic acids is 2. The third-order valence-electron chi connectivity index (χ3n) is 1.86. The van der Waals surface area contributed by atoms with Gasteiger partial charge in [-0.3, -0.25) is 9.59 Å². The van der Waals surface area contributed by atoms with Crippen LogP contribution in [0.25, 0.3) is 0 Å². The van der Waals surface area contributed by atoms with E-state index in [1.165, 1.54) is 7.11 Å². The molecule has 1 aromatic rings. The van der Waals surface area contributed by atoms with Crippen molar-refractivity contribution in [3.05, 3.63) is 23.8 Å². The maximum atomic E-state index is 11.1. The minimum absolute atomic E-state index is 0.182. The Kier molecular flexibility index (Phi) is 3.85. The highest BCUT2D eigenvalue weighted by atomic mass is 16.6. The van der Waals surface area contributed by atoms with Crippen LogP contribution in [0.5, 0.6) is 11.5 Å². The summed E-state index contributed by atoms with van der Waals surface area (Å²) in [6.45, 7) is 1.68. The first-order chi connectivity index (χ1) is 7.22. The van der Waals surface area contributed by atoms with Crippen molar-refractivity contribution in [2.45, 2.75) is 13.3 Å². The molecule has 0 fully saturated rings. The molecule has 4 nitrogen and oxygen atoms in total. The SMILES string of the molecule is CCC(=O)Oc1c(C=O)cccc1OC. The molecular formula is C11H12O4. The number of methoxy groups -OCH3 is 1. The molecule has 0 aliphatic heterocycles. The molecule has 0 spiro atoms. The van der Waals surface area contributed by atoms with Crippen LogP contribution in [0.1, 0.15) is 23.7 Å². The van der Waals surface area contributed by atoms with E-state index in [9.17, 15) is 9.59 Å². The van der Waals surface area contributed by atoms with Crippen molar-refractivity contribution in [1.82, 2.24) is 0 Å². The van der Waals surface area contributed by atoms with Gasteiger partial charge in [-0.2, -0.15) is 0 Å². The maximum Gasteiger partial charge on any atom is 0.311 e. The van der Waals surface area contributed by atoms with E-state index in [2.05, 4.69) is 0 Å². The third kappa shape index (κ3) is 2.56. The standard InChI is InChI=1S/C11H12O4/c1-3-10(13)15-11-8(7-12)5-4-6-9(11)14-2/h4-7H,3H2,1-2H3. The first kappa shape index (κ1) is 11.2. The Morgan fingerprint density at radius 3 is 2.73 bits per heavy atom. The number of hydrogen-bond donors (Lipinski definition) is 0. The highest BCUT2D eigenvalue weighted by Crippen LogP contribution is 2.30. The molecule has 0 radical (unpaired) electrons.